The second-order valence-corrected chi connectivity index (χ2v) is 2.00. The summed E-state index contributed by atoms with van der Waals surface area (Å²) in [7, 11) is 0. The molecule has 1 rings (SSSR count). The minimum Gasteiger partial charge on any atom is -0.493 e. The van der Waals surface area contributed by atoms with E-state index in [2.05, 4.69) is 21.3 Å². The zero-order valence-electron chi connectivity index (χ0n) is 6.28. The lowest BCUT2D eigenvalue weighted by atomic mass is 10.6. The average Bonchev–Trinajstić information content (AvgIpc) is 2.47. The van der Waals surface area contributed by atoms with Crippen LogP contribution in [0.1, 0.15) is 10.6 Å². The van der Waals surface area contributed by atoms with Gasteiger partial charge in [0, 0.05) is 0 Å². The first-order valence-electron chi connectivity index (χ1n) is 3.26. The Morgan fingerprint density at radius 3 is 3.17 bits per heavy atom. The number of hydrogen-bond acceptors (Lipinski definition) is 4. The van der Waals surface area contributed by atoms with Crippen molar-refractivity contribution in [2.45, 2.75) is 0 Å². The van der Waals surface area contributed by atoms with Crippen molar-refractivity contribution in [1.29, 1.82) is 0 Å². The molecule has 1 aromatic heterocycles. The lowest BCUT2D eigenvalue weighted by molar-refractivity contribution is 0.0536. The van der Waals surface area contributed by atoms with Gasteiger partial charge in [0.05, 0.1) is 6.20 Å². The van der Waals surface area contributed by atoms with Crippen LogP contribution in [0.5, 0.6) is 5.88 Å². The first-order chi connectivity index (χ1) is 5.74. The second kappa shape index (κ2) is 3.56. The van der Waals surface area contributed by atoms with Crippen LogP contribution in [0.25, 0.3) is 0 Å². The number of nitrogens with one attached hydrogen (secondary N) is 1. The molecule has 5 heteroatoms. The SMILES string of the molecule is C=CCOC(=O)c1ncc(O)[nH]1. The third-order valence-corrected chi connectivity index (χ3v) is 1.09. The smallest absolute Gasteiger partial charge is 0.374 e. The number of nitrogens with zero attached hydrogens (tertiary/aromatic N) is 1. The molecular formula is C7H8N2O3. The molecule has 0 amide bonds. The zero-order valence-corrected chi connectivity index (χ0v) is 6.28. The molecule has 12 heavy (non-hydrogen) atoms. The van der Waals surface area contributed by atoms with Crippen molar-refractivity contribution in [3.63, 3.8) is 0 Å². The fourth-order valence-electron chi connectivity index (χ4n) is 0.618. The molecule has 0 aliphatic heterocycles. The lowest BCUT2D eigenvalue weighted by Crippen LogP contribution is -2.06. The summed E-state index contributed by atoms with van der Waals surface area (Å²) >= 11 is 0. The number of aromatic amines is 1. The summed E-state index contributed by atoms with van der Waals surface area (Å²) in [6.45, 7) is 3.50. The monoisotopic (exact) mass is 168 g/mol. The van der Waals surface area contributed by atoms with Gasteiger partial charge in [-0.05, 0) is 0 Å². The normalized spacial score (nSPS) is 9.33. The highest BCUT2D eigenvalue weighted by Gasteiger charge is 2.09. The summed E-state index contributed by atoms with van der Waals surface area (Å²) in [6, 6.07) is 0. The van der Waals surface area contributed by atoms with E-state index in [1.165, 1.54) is 6.08 Å². The standard InChI is InChI=1S/C7H8N2O3/c1-2-3-12-7(11)6-8-4-5(10)9-6/h2,4,10H,1,3H2,(H,8,9). The van der Waals surface area contributed by atoms with Gasteiger partial charge >= 0.3 is 5.97 Å². The topological polar surface area (TPSA) is 75.2 Å². The third kappa shape index (κ3) is 1.85. The fraction of sp³-hybridized carbons (Fsp3) is 0.143. The molecule has 0 aliphatic rings. The Balaban J connectivity index is 2.59. The van der Waals surface area contributed by atoms with E-state index in [0.717, 1.165) is 6.20 Å². The Hall–Kier alpha value is -1.78. The third-order valence-electron chi connectivity index (χ3n) is 1.09. The van der Waals surface area contributed by atoms with E-state index >= 15 is 0 Å². The molecule has 0 radical (unpaired) electrons. The maximum Gasteiger partial charge on any atom is 0.374 e. The van der Waals surface area contributed by atoms with Crippen molar-refractivity contribution in [2.75, 3.05) is 6.61 Å². The average molecular weight is 168 g/mol. The minimum absolute atomic E-state index is 0.0191. The van der Waals surface area contributed by atoms with Crippen LogP contribution >= 0.6 is 0 Å². The number of H-pyrrole nitrogens is 1. The number of imidazole rings is 1. The first-order valence-corrected chi connectivity index (χ1v) is 3.26. The van der Waals surface area contributed by atoms with Crippen LogP contribution < -0.4 is 0 Å². The number of aromatic hydroxyl groups is 1. The summed E-state index contributed by atoms with van der Waals surface area (Å²) < 4.78 is 4.63. The largest absolute Gasteiger partial charge is 0.493 e. The number of carbonyl (C=O) groups is 1. The molecule has 0 spiro atoms. The van der Waals surface area contributed by atoms with E-state index in [1.807, 2.05) is 0 Å². The highest BCUT2D eigenvalue weighted by molar-refractivity contribution is 5.85. The molecule has 0 fully saturated rings. The minimum atomic E-state index is -0.616. The van der Waals surface area contributed by atoms with E-state index in [-0.39, 0.29) is 18.3 Å². The fourth-order valence-corrected chi connectivity index (χ4v) is 0.618. The van der Waals surface area contributed by atoms with Crippen LogP contribution in [-0.2, 0) is 4.74 Å². The van der Waals surface area contributed by atoms with E-state index < -0.39 is 5.97 Å². The molecule has 0 atom stereocenters. The molecule has 2 N–H and O–H groups in total. The highest BCUT2D eigenvalue weighted by atomic mass is 16.5. The first kappa shape index (κ1) is 8.32. The van der Waals surface area contributed by atoms with Gasteiger partial charge in [-0.15, -0.1) is 0 Å². The molecule has 0 bridgehead atoms. The zero-order chi connectivity index (χ0) is 8.97. The number of aromatic nitrogens is 2. The van der Waals surface area contributed by atoms with Gasteiger partial charge in [0.2, 0.25) is 11.7 Å². The molecular weight excluding hydrogens is 160 g/mol. The predicted molar refractivity (Wildman–Crippen MR) is 40.7 cm³/mol. The molecule has 0 unspecified atom stereocenters. The molecule has 0 aromatic carbocycles. The number of carbonyl (C=O) groups excluding carboxylic acids is 1. The van der Waals surface area contributed by atoms with Gasteiger partial charge in [-0.1, -0.05) is 12.7 Å². The maximum atomic E-state index is 10.9. The Bertz CT molecular complexity index is 293. The number of hydrogen-bond donors (Lipinski definition) is 2. The second-order valence-electron chi connectivity index (χ2n) is 2.00. The van der Waals surface area contributed by atoms with Gasteiger partial charge < -0.3 is 14.8 Å². The molecule has 0 saturated heterocycles. The number of rotatable bonds is 3. The Labute approximate surface area is 68.7 Å². The summed E-state index contributed by atoms with van der Waals surface area (Å²) in [5.74, 6) is -0.801. The Kier molecular flexibility index (Phi) is 2.47. The summed E-state index contributed by atoms with van der Waals surface area (Å²) in [5, 5.41) is 8.78. The molecule has 0 aliphatic carbocycles. The summed E-state index contributed by atoms with van der Waals surface area (Å²) in [4.78, 5) is 16.8. The molecule has 1 heterocycles. The van der Waals surface area contributed by atoms with Crippen LogP contribution in [0, 0.1) is 0 Å². The molecule has 5 nitrogen and oxygen atoms in total. The van der Waals surface area contributed by atoms with Gasteiger partial charge in [-0.3, -0.25) is 0 Å². The van der Waals surface area contributed by atoms with Gasteiger partial charge in [0.15, 0.2) is 0 Å². The van der Waals surface area contributed by atoms with E-state index in [9.17, 15) is 4.79 Å². The van der Waals surface area contributed by atoms with Crippen LogP contribution in [0.15, 0.2) is 18.9 Å². The van der Waals surface area contributed by atoms with Crippen molar-refractivity contribution in [1.82, 2.24) is 9.97 Å². The van der Waals surface area contributed by atoms with Crippen molar-refractivity contribution in [2.24, 2.45) is 0 Å². The maximum absolute atomic E-state index is 10.9. The van der Waals surface area contributed by atoms with Gasteiger partial charge in [-0.2, -0.15) is 0 Å². The summed E-state index contributed by atoms with van der Waals surface area (Å²) in [6.07, 6.45) is 2.57. The van der Waals surface area contributed by atoms with Crippen LogP contribution in [0.2, 0.25) is 0 Å². The van der Waals surface area contributed by atoms with E-state index in [1.54, 1.807) is 0 Å². The quantitative estimate of drug-likeness (QED) is 0.507. The highest BCUT2D eigenvalue weighted by Crippen LogP contribution is 2.03. The molecule has 1 aromatic rings. The Morgan fingerprint density at radius 2 is 2.67 bits per heavy atom. The summed E-state index contributed by atoms with van der Waals surface area (Å²) in [5.41, 5.74) is 0. The van der Waals surface area contributed by atoms with Gasteiger partial charge in [0.1, 0.15) is 6.61 Å². The van der Waals surface area contributed by atoms with E-state index in [0.29, 0.717) is 0 Å². The lowest BCUT2D eigenvalue weighted by Gasteiger charge is -1.96. The molecule has 0 saturated carbocycles. The van der Waals surface area contributed by atoms with Crippen molar-refractivity contribution < 1.29 is 14.6 Å². The van der Waals surface area contributed by atoms with Crippen molar-refractivity contribution in [3.8, 4) is 5.88 Å². The number of esters is 1. The molecule has 64 valence electrons. The van der Waals surface area contributed by atoms with Crippen LogP contribution in [-0.4, -0.2) is 27.7 Å². The van der Waals surface area contributed by atoms with Gasteiger partial charge in [0.25, 0.3) is 0 Å². The van der Waals surface area contributed by atoms with Crippen LogP contribution in [0.3, 0.4) is 0 Å². The Morgan fingerprint density at radius 1 is 1.92 bits per heavy atom. The van der Waals surface area contributed by atoms with Crippen LogP contribution in [0.4, 0.5) is 0 Å². The number of ether oxygens (including phenoxy) is 1. The van der Waals surface area contributed by atoms with E-state index in [4.69, 9.17) is 5.11 Å². The predicted octanol–water partition coefficient (Wildman–Crippen LogP) is 0.458. The van der Waals surface area contributed by atoms with Crippen molar-refractivity contribution >= 4 is 5.97 Å². The van der Waals surface area contributed by atoms with Crippen molar-refractivity contribution in [3.05, 3.63) is 24.7 Å². The van der Waals surface area contributed by atoms with Gasteiger partial charge in [-0.25, -0.2) is 9.78 Å².